The Kier molecular flexibility index (Phi) is 4.18. The maximum atomic E-state index is 6.33. The van der Waals surface area contributed by atoms with E-state index in [1.165, 1.54) is 10.9 Å². The molecule has 0 aliphatic heterocycles. The fraction of sp³-hybridized carbons (Fsp3) is 0.167. The largest absolute Gasteiger partial charge is 0.313 e. The fourth-order valence-electron chi connectivity index (χ4n) is 2.68. The summed E-state index contributed by atoms with van der Waals surface area (Å²) in [5, 5.41) is 5.37. The third-order valence-electron chi connectivity index (χ3n) is 3.79. The van der Waals surface area contributed by atoms with Gasteiger partial charge in [-0.3, -0.25) is 4.98 Å². The highest BCUT2D eigenvalue weighted by Gasteiger charge is 2.14. The molecule has 3 heteroatoms. The van der Waals surface area contributed by atoms with Gasteiger partial charge in [0.1, 0.15) is 0 Å². The second-order valence-electron chi connectivity index (χ2n) is 5.05. The molecule has 0 bridgehead atoms. The van der Waals surface area contributed by atoms with Crippen LogP contribution in [0.3, 0.4) is 0 Å². The summed E-state index contributed by atoms with van der Waals surface area (Å²) in [5.74, 6) is 0. The molecule has 0 saturated carbocycles. The molecule has 0 aliphatic carbocycles. The lowest BCUT2D eigenvalue weighted by Gasteiger charge is -2.19. The second kappa shape index (κ2) is 6.25. The van der Waals surface area contributed by atoms with Crippen molar-refractivity contribution in [1.29, 1.82) is 0 Å². The van der Waals surface area contributed by atoms with Crippen LogP contribution in [0.2, 0.25) is 5.02 Å². The molecule has 21 heavy (non-hydrogen) atoms. The zero-order valence-corrected chi connectivity index (χ0v) is 12.6. The Labute approximate surface area is 129 Å². The van der Waals surface area contributed by atoms with E-state index in [4.69, 9.17) is 11.6 Å². The first-order valence-corrected chi connectivity index (χ1v) is 7.41. The summed E-state index contributed by atoms with van der Waals surface area (Å²) in [6.45, 7) is 0. The molecule has 1 atom stereocenters. The van der Waals surface area contributed by atoms with E-state index in [2.05, 4.69) is 34.6 Å². The number of halogens is 1. The van der Waals surface area contributed by atoms with E-state index in [0.717, 1.165) is 22.5 Å². The predicted molar refractivity (Wildman–Crippen MR) is 88.7 cm³/mol. The van der Waals surface area contributed by atoms with Crippen LogP contribution < -0.4 is 5.32 Å². The van der Waals surface area contributed by atoms with Gasteiger partial charge in [-0.25, -0.2) is 0 Å². The average Bonchev–Trinajstić information content (AvgIpc) is 2.53. The molecular formula is C18H17ClN2. The normalized spacial score (nSPS) is 12.5. The number of fused-ring (bicyclic) bond motifs is 1. The highest BCUT2D eigenvalue weighted by molar-refractivity contribution is 6.31. The topological polar surface area (TPSA) is 24.9 Å². The molecule has 3 rings (SSSR count). The molecule has 2 aromatic carbocycles. The molecule has 1 N–H and O–H groups in total. The molecule has 2 nitrogen and oxygen atoms in total. The van der Waals surface area contributed by atoms with Crippen LogP contribution >= 0.6 is 11.6 Å². The molecule has 0 amide bonds. The number of nitrogens with one attached hydrogen (secondary N) is 1. The van der Waals surface area contributed by atoms with Crippen molar-refractivity contribution in [3.05, 3.63) is 76.9 Å². The van der Waals surface area contributed by atoms with E-state index >= 15 is 0 Å². The number of aromatic nitrogens is 1. The molecule has 1 heterocycles. The fourth-order valence-corrected chi connectivity index (χ4v) is 2.95. The van der Waals surface area contributed by atoms with Crippen molar-refractivity contribution in [2.24, 2.45) is 0 Å². The molecule has 3 aromatic rings. The van der Waals surface area contributed by atoms with Crippen LogP contribution in [0, 0.1) is 0 Å². The molecule has 0 spiro atoms. The van der Waals surface area contributed by atoms with E-state index in [1.54, 1.807) is 0 Å². The van der Waals surface area contributed by atoms with Gasteiger partial charge in [-0.2, -0.15) is 0 Å². The molecule has 106 valence electrons. The average molecular weight is 297 g/mol. The van der Waals surface area contributed by atoms with Crippen LogP contribution in [0.25, 0.3) is 10.9 Å². The van der Waals surface area contributed by atoms with Gasteiger partial charge in [0.25, 0.3) is 0 Å². The SMILES string of the molecule is CNC(Cc1ccnc2ccccc12)c1ccccc1Cl. The quantitative estimate of drug-likeness (QED) is 0.772. The maximum absolute atomic E-state index is 6.33. The number of hydrogen-bond acceptors (Lipinski definition) is 2. The lowest BCUT2D eigenvalue weighted by molar-refractivity contribution is 0.594. The minimum Gasteiger partial charge on any atom is -0.313 e. The Hall–Kier alpha value is -1.90. The third-order valence-corrected chi connectivity index (χ3v) is 4.14. The Balaban J connectivity index is 1.98. The van der Waals surface area contributed by atoms with Crippen molar-refractivity contribution in [2.75, 3.05) is 7.05 Å². The lowest BCUT2D eigenvalue weighted by atomic mass is 9.97. The number of benzene rings is 2. The van der Waals surface area contributed by atoms with Gasteiger partial charge in [-0.15, -0.1) is 0 Å². The summed E-state index contributed by atoms with van der Waals surface area (Å²) in [5.41, 5.74) is 3.44. The number of pyridine rings is 1. The van der Waals surface area contributed by atoms with Crippen molar-refractivity contribution in [3.63, 3.8) is 0 Å². The molecule has 0 aliphatic rings. The summed E-state index contributed by atoms with van der Waals surface area (Å²) in [4.78, 5) is 4.42. The van der Waals surface area contributed by atoms with Gasteiger partial charge in [0.05, 0.1) is 5.52 Å². The number of rotatable bonds is 4. The smallest absolute Gasteiger partial charge is 0.0704 e. The van der Waals surface area contributed by atoms with Crippen molar-refractivity contribution in [3.8, 4) is 0 Å². The van der Waals surface area contributed by atoms with E-state index in [-0.39, 0.29) is 6.04 Å². The highest BCUT2D eigenvalue weighted by atomic mass is 35.5. The summed E-state index contributed by atoms with van der Waals surface area (Å²) in [7, 11) is 1.97. The Morgan fingerprint density at radius 2 is 1.81 bits per heavy atom. The molecule has 0 radical (unpaired) electrons. The van der Waals surface area contributed by atoms with Gasteiger partial charge in [0.2, 0.25) is 0 Å². The molecule has 1 aromatic heterocycles. The van der Waals surface area contributed by atoms with Gasteiger partial charge in [0, 0.05) is 22.6 Å². The first kappa shape index (κ1) is 14.1. The van der Waals surface area contributed by atoms with E-state index in [1.807, 2.05) is 43.6 Å². The zero-order chi connectivity index (χ0) is 14.7. The lowest BCUT2D eigenvalue weighted by Crippen LogP contribution is -2.19. The summed E-state index contributed by atoms with van der Waals surface area (Å²) in [6.07, 6.45) is 2.75. The monoisotopic (exact) mass is 296 g/mol. The van der Waals surface area contributed by atoms with Crippen LogP contribution in [-0.4, -0.2) is 12.0 Å². The van der Waals surface area contributed by atoms with E-state index in [0.29, 0.717) is 0 Å². The predicted octanol–water partition coefficient (Wildman–Crippen LogP) is 4.39. The van der Waals surface area contributed by atoms with Gasteiger partial charge >= 0.3 is 0 Å². The van der Waals surface area contributed by atoms with Crippen LogP contribution in [0.5, 0.6) is 0 Å². The van der Waals surface area contributed by atoms with Gasteiger partial charge in [0.15, 0.2) is 0 Å². The van der Waals surface area contributed by atoms with E-state index < -0.39 is 0 Å². The highest BCUT2D eigenvalue weighted by Crippen LogP contribution is 2.27. The number of para-hydroxylation sites is 1. The number of nitrogens with zero attached hydrogens (tertiary/aromatic N) is 1. The Morgan fingerprint density at radius 3 is 2.62 bits per heavy atom. The maximum Gasteiger partial charge on any atom is 0.0704 e. The minimum absolute atomic E-state index is 0.185. The van der Waals surface area contributed by atoms with Crippen LogP contribution in [0.15, 0.2) is 60.8 Å². The first-order chi connectivity index (χ1) is 10.3. The summed E-state index contributed by atoms with van der Waals surface area (Å²) in [6, 6.07) is 18.5. The molecular weight excluding hydrogens is 280 g/mol. The Bertz CT molecular complexity index is 750. The second-order valence-corrected chi connectivity index (χ2v) is 5.46. The van der Waals surface area contributed by atoms with Gasteiger partial charge < -0.3 is 5.32 Å². The van der Waals surface area contributed by atoms with Crippen LogP contribution in [0.4, 0.5) is 0 Å². The molecule has 1 unspecified atom stereocenters. The summed E-state index contributed by atoms with van der Waals surface area (Å²) < 4.78 is 0. The van der Waals surface area contributed by atoms with Gasteiger partial charge in [-0.1, -0.05) is 48.0 Å². The standard InChI is InChI=1S/C18H17ClN2/c1-20-18(15-7-2-4-8-16(15)19)12-13-10-11-21-17-9-5-3-6-14(13)17/h2-11,18,20H,12H2,1H3. The van der Waals surface area contributed by atoms with Crippen molar-refractivity contribution in [1.82, 2.24) is 10.3 Å². The number of hydrogen-bond donors (Lipinski definition) is 1. The third kappa shape index (κ3) is 2.92. The minimum atomic E-state index is 0.185. The van der Waals surface area contributed by atoms with Crippen molar-refractivity contribution >= 4 is 22.5 Å². The Morgan fingerprint density at radius 1 is 1.05 bits per heavy atom. The van der Waals surface area contributed by atoms with Crippen molar-refractivity contribution in [2.45, 2.75) is 12.5 Å². The zero-order valence-electron chi connectivity index (χ0n) is 11.9. The number of likely N-dealkylation sites (N-methyl/N-ethyl adjacent to an activating group) is 1. The van der Waals surface area contributed by atoms with Crippen LogP contribution in [0.1, 0.15) is 17.2 Å². The van der Waals surface area contributed by atoms with Crippen molar-refractivity contribution < 1.29 is 0 Å². The first-order valence-electron chi connectivity index (χ1n) is 7.04. The van der Waals surface area contributed by atoms with E-state index in [9.17, 15) is 0 Å². The van der Waals surface area contributed by atoms with Crippen LogP contribution in [-0.2, 0) is 6.42 Å². The summed E-state index contributed by atoms with van der Waals surface area (Å²) >= 11 is 6.33. The van der Waals surface area contributed by atoms with Gasteiger partial charge in [-0.05, 0) is 42.8 Å². The molecule has 0 fully saturated rings. The molecule has 0 saturated heterocycles.